The molecule has 1 aromatic heterocycles. The van der Waals surface area contributed by atoms with Gasteiger partial charge in [0, 0.05) is 4.47 Å². The molecule has 0 aliphatic carbocycles. The molecule has 1 heterocycles. The third kappa shape index (κ3) is 5.83. The maximum absolute atomic E-state index is 11.7. The Morgan fingerprint density at radius 1 is 1.29 bits per heavy atom. The fourth-order valence-corrected chi connectivity index (χ4v) is 2.31. The molecule has 2 rings (SSSR count). The smallest absolute Gasteiger partial charge is 0.251 e. The minimum absolute atomic E-state index is 0.0117. The van der Waals surface area contributed by atoms with E-state index in [-0.39, 0.29) is 12.5 Å². The molecule has 21 heavy (non-hydrogen) atoms. The molecule has 0 saturated heterocycles. The summed E-state index contributed by atoms with van der Waals surface area (Å²) in [6.45, 7) is 0.467. The third-order valence-corrected chi connectivity index (χ3v) is 3.34. The van der Waals surface area contributed by atoms with E-state index in [2.05, 4.69) is 26.2 Å². The third-order valence-electron chi connectivity index (χ3n) is 2.64. The number of anilines is 1. The van der Waals surface area contributed by atoms with Gasteiger partial charge in [-0.05, 0) is 36.2 Å². The molecule has 2 aromatic rings. The van der Waals surface area contributed by atoms with E-state index in [1.807, 2.05) is 24.3 Å². The monoisotopic (exact) mass is 368 g/mol. The fourth-order valence-electron chi connectivity index (χ4n) is 1.70. The lowest BCUT2D eigenvalue weighted by Gasteiger charge is -2.06. The van der Waals surface area contributed by atoms with Crippen LogP contribution in [0, 0.1) is 0 Å². The Hall–Kier alpha value is -1.43. The van der Waals surface area contributed by atoms with E-state index < -0.39 is 0 Å². The number of amides is 1. The summed E-state index contributed by atoms with van der Waals surface area (Å²) in [7, 11) is 0. The number of nitrogens with one attached hydrogen (secondary N) is 1. The van der Waals surface area contributed by atoms with E-state index in [0.717, 1.165) is 16.5 Å². The highest BCUT2D eigenvalue weighted by Crippen LogP contribution is 2.12. The number of hydrogen-bond acceptors (Lipinski definition) is 3. The minimum atomic E-state index is -0.251. The number of aromatic nitrogens is 1. The van der Waals surface area contributed by atoms with E-state index in [9.17, 15) is 4.79 Å². The second kappa shape index (κ2) is 8.12. The molecule has 0 atom stereocenters. The van der Waals surface area contributed by atoms with Crippen molar-refractivity contribution in [2.24, 2.45) is 0 Å². The normalized spacial score (nSPS) is 10.4. The van der Waals surface area contributed by atoms with Crippen molar-refractivity contribution in [1.82, 2.24) is 4.98 Å². The summed E-state index contributed by atoms with van der Waals surface area (Å²) < 4.78 is 6.39. The van der Waals surface area contributed by atoms with Crippen molar-refractivity contribution < 1.29 is 9.53 Å². The largest absolute Gasteiger partial charge is 0.371 e. The zero-order valence-electron chi connectivity index (χ0n) is 11.2. The van der Waals surface area contributed by atoms with Gasteiger partial charge in [-0.25, -0.2) is 4.98 Å². The average molecular weight is 370 g/mol. The highest BCUT2D eigenvalue weighted by atomic mass is 79.9. The number of halogens is 2. The maximum Gasteiger partial charge on any atom is 0.251 e. The van der Waals surface area contributed by atoms with Crippen molar-refractivity contribution in [3.05, 3.63) is 57.7 Å². The van der Waals surface area contributed by atoms with Crippen LogP contribution in [0.5, 0.6) is 0 Å². The van der Waals surface area contributed by atoms with Crippen LogP contribution in [0.15, 0.2) is 46.9 Å². The Labute approximate surface area is 136 Å². The molecule has 1 amide bonds. The molecular formula is C15H14BrClN2O2. The molecule has 0 saturated carbocycles. The van der Waals surface area contributed by atoms with Gasteiger partial charge < -0.3 is 10.1 Å². The summed E-state index contributed by atoms with van der Waals surface area (Å²) in [5.74, 6) is 0.169. The van der Waals surface area contributed by atoms with Crippen LogP contribution in [0.1, 0.15) is 5.56 Å². The number of pyridine rings is 1. The van der Waals surface area contributed by atoms with Gasteiger partial charge in [-0.1, -0.05) is 45.7 Å². The van der Waals surface area contributed by atoms with Crippen LogP contribution in [-0.2, 0) is 16.0 Å². The van der Waals surface area contributed by atoms with Crippen molar-refractivity contribution in [3.8, 4) is 0 Å². The van der Waals surface area contributed by atoms with Gasteiger partial charge >= 0.3 is 0 Å². The first-order valence-corrected chi connectivity index (χ1v) is 7.55. The van der Waals surface area contributed by atoms with Gasteiger partial charge in [-0.15, -0.1) is 0 Å². The summed E-state index contributed by atoms with van der Waals surface area (Å²) in [5, 5.41) is 2.96. The van der Waals surface area contributed by atoms with Crippen molar-refractivity contribution in [2.45, 2.75) is 6.42 Å². The summed E-state index contributed by atoms with van der Waals surface area (Å²) in [6.07, 6.45) is 0.752. The van der Waals surface area contributed by atoms with Gasteiger partial charge in [0.05, 0.1) is 6.61 Å². The van der Waals surface area contributed by atoms with Gasteiger partial charge in [-0.3, -0.25) is 4.79 Å². The zero-order valence-corrected chi connectivity index (χ0v) is 13.5. The van der Waals surface area contributed by atoms with Crippen molar-refractivity contribution in [1.29, 1.82) is 0 Å². The van der Waals surface area contributed by atoms with E-state index in [4.69, 9.17) is 16.3 Å². The van der Waals surface area contributed by atoms with Crippen LogP contribution in [0.2, 0.25) is 5.15 Å². The second-order valence-corrected chi connectivity index (χ2v) is 5.63. The highest BCUT2D eigenvalue weighted by molar-refractivity contribution is 9.10. The molecule has 0 bridgehead atoms. The van der Waals surface area contributed by atoms with Crippen LogP contribution in [0.25, 0.3) is 0 Å². The molecule has 0 aliphatic rings. The molecule has 4 nitrogen and oxygen atoms in total. The molecule has 1 aromatic carbocycles. The summed E-state index contributed by atoms with van der Waals surface area (Å²) in [6, 6.07) is 13.0. The lowest BCUT2D eigenvalue weighted by Crippen LogP contribution is -2.19. The van der Waals surface area contributed by atoms with Gasteiger partial charge in [-0.2, -0.15) is 0 Å². The SMILES string of the molecule is O=C(COCCc1cccc(Br)c1)Nc1cccc(Cl)n1. The number of benzene rings is 1. The van der Waals surface area contributed by atoms with E-state index in [1.165, 1.54) is 0 Å². The first-order chi connectivity index (χ1) is 10.1. The van der Waals surface area contributed by atoms with Crippen molar-refractivity contribution in [3.63, 3.8) is 0 Å². The Morgan fingerprint density at radius 3 is 2.86 bits per heavy atom. The summed E-state index contributed by atoms with van der Waals surface area (Å²) >= 11 is 9.15. The number of hydrogen-bond donors (Lipinski definition) is 1. The average Bonchev–Trinajstić information content (AvgIpc) is 2.44. The molecule has 0 fully saturated rings. The standard InChI is InChI=1S/C15H14BrClN2O2/c16-12-4-1-3-11(9-12)7-8-21-10-15(20)19-14-6-2-5-13(17)18-14/h1-6,9H,7-8,10H2,(H,18,19,20). The zero-order chi connectivity index (χ0) is 15.1. The molecular weight excluding hydrogens is 356 g/mol. The first-order valence-electron chi connectivity index (χ1n) is 6.38. The Morgan fingerprint density at radius 2 is 2.10 bits per heavy atom. The van der Waals surface area contributed by atoms with Crippen molar-refractivity contribution >= 4 is 39.3 Å². The van der Waals surface area contributed by atoms with E-state index in [0.29, 0.717) is 17.6 Å². The molecule has 6 heteroatoms. The quantitative estimate of drug-likeness (QED) is 0.624. The van der Waals surface area contributed by atoms with E-state index in [1.54, 1.807) is 18.2 Å². The predicted octanol–water partition coefficient (Wildman–Crippen LogP) is 3.70. The number of carbonyl (C=O) groups is 1. The number of ether oxygens (including phenoxy) is 1. The Bertz CT molecular complexity index is 622. The lowest BCUT2D eigenvalue weighted by atomic mass is 10.2. The lowest BCUT2D eigenvalue weighted by molar-refractivity contribution is -0.120. The van der Waals surface area contributed by atoms with E-state index >= 15 is 0 Å². The fraction of sp³-hybridized carbons (Fsp3) is 0.200. The maximum atomic E-state index is 11.7. The van der Waals surface area contributed by atoms with Crippen molar-refractivity contribution in [2.75, 3.05) is 18.5 Å². The number of rotatable bonds is 6. The molecule has 0 spiro atoms. The molecule has 0 aliphatic heterocycles. The van der Waals surface area contributed by atoms with Crippen LogP contribution in [0.4, 0.5) is 5.82 Å². The van der Waals surface area contributed by atoms with Gasteiger partial charge in [0.1, 0.15) is 17.6 Å². The first kappa shape index (κ1) is 15.9. The van der Waals surface area contributed by atoms with Gasteiger partial charge in [0.2, 0.25) is 0 Å². The van der Waals surface area contributed by atoms with Gasteiger partial charge in [0.15, 0.2) is 0 Å². The minimum Gasteiger partial charge on any atom is -0.371 e. The highest BCUT2D eigenvalue weighted by Gasteiger charge is 2.04. The van der Waals surface area contributed by atoms with Gasteiger partial charge in [0.25, 0.3) is 5.91 Å². The molecule has 0 radical (unpaired) electrons. The van der Waals surface area contributed by atoms with Crippen LogP contribution >= 0.6 is 27.5 Å². The second-order valence-electron chi connectivity index (χ2n) is 4.33. The topological polar surface area (TPSA) is 51.2 Å². The van der Waals surface area contributed by atoms with Crippen LogP contribution in [-0.4, -0.2) is 24.1 Å². The molecule has 0 unspecified atom stereocenters. The van der Waals surface area contributed by atoms with Crippen LogP contribution < -0.4 is 5.32 Å². The predicted molar refractivity (Wildman–Crippen MR) is 86.5 cm³/mol. The number of nitrogens with zero attached hydrogens (tertiary/aromatic N) is 1. The Kier molecular flexibility index (Phi) is 6.17. The number of carbonyl (C=O) groups excluding carboxylic acids is 1. The molecule has 110 valence electrons. The summed E-state index contributed by atoms with van der Waals surface area (Å²) in [4.78, 5) is 15.6. The molecule has 1 N–H and O–H groups in total. The summed E-state index contributed by atoms with van der Waals surface area (Å²) in [5.41, 5.74) is 1.15. The van der Waals surface area contributed by atoms with Crippen LogP contribution in [0.3, 0.4) is 0 Å². The Balaban J connectivity index is 1.70.